The van der Waals surface area contributed by atoms with Gasteiger partial charge < -0.3 is 14.6 Å². The molecule has 1 N–H and O–H groups in total. The normalized spacial score (nSPS) is 15.3. The minimum atomic E-state index is -0.0936. The van der Waals surface area contributed by atoms with E-state index < -0.39 is 0 Å². The first-order valence-electron chi connectivity index (χ1n) is 8.03. The molecule has 0 bridgehead atoms. The number of hydrogen-bond acceptors (Lipinski definition) is 4. The van der Waals surface area contributed by atoms with Gasteiger partial charge in [0.1, 0.15) is 0 Å². The third-order valence-electron chi connectivity index (χ3n) is 4.06. The number of furan rings is 1. The minimum absolute atomic E-state index is 0.0357. The molecule has 1 fully saturated rings. The third kappa shape index (κ3) is 4.02. The predicted molar refractivity (Wildman–Crippen MR) is 90.9 cm³/mol. The van der Waals surface area contributed by atoms with Crippen molar-refractivity contribution in [2.45, 2.75) is 6.92 Å². The molecule has 24 heavy (non-hydrogen) atoms. The third-order valence-corrected chi connectivity index (χ3v) is 4.06. The maximum absolute atomic E-state index is 12.2. The van der Waals surface area contributed by atoms with Gasteiger partial charge in [0.15, 0.2) is 5.76 Å². The number of carbonyl (C=O) groups excluding carboxylic acids is 2. The van der Waals surface area contributed by atoms with Crippen molar-refractivity contribution in [3.63, 3.8) is 0 Å². The summed E-state index contributed by atoms with van der Waals surface area (Å²) in [4.78, 5) is 28.2. The van der Waals surface area contributed by atoms with Crippen molar-refractivity contribution in [2.24, 2.45) is 0 Å². The molecule has 0 atom stereocenters. The molecular formula is C18H21N3O3. The number of piperazine rings is 1. The highest BCUT2D eigenvalue weighted by molar-refractivity contribution is 5.92. The van der Waals surface area contributed by atoms with Gasteiger partial charge in [-0.05, 0) is 36.8 Å². The van der Waals surface area contributed by atoms with Crippen LogP contribution in [0.5, 0.6) is 0 Å². The van der Waals surface area contributed by atoms with Crippen LogP contribution in [-0.4, -0.2) is 54.3 Å². The number of nitrogens with one attached hydrogen (secondary N) is 1. The Morgan fingerprint density at radius 1 is 1.12 bits per heavy atom. The molecule has 1 aliphatic rings. The lowest BCUT2D eigenvalue weighted by atomic mass is 10.2. The number of amides is 2. The second kappa shape index (κ2) is 7.31. The summed E-state index contributed by atoms with van der Waals surface area (Å²) in [6.07, 6.45) is 1.50. The number of rotatable bonds is 4. The van der Waals surface area contributed by atoms with Crippen LogP contribution in [0.3, 0.4) is 0 Å². The number of hydrogen-bond donors (Lipinski definition) is 1. The fourth-order valence-corrected chi connectivity index (χ4v) is 2.79. The molecule has 1 saturated heterocycles. The zero-order valence-corrected chi connectivity index (χ0v) is 13.7. The molecule has 3 rings (SSSR count). The molecule has 0 unspecified atom stereocenters. The average Bonchev–Trinajstić information content (AvgIpc) is 3.09. The molecule has 1 aromatic carbocycles. The number of aryl methyl sites for hydroxylation is 1. The summed E-state index contributed by atoms with van der Waals surface area (Å²) in [5.74, 6) is 0.232. The van der Waals surface area contributed by atoms with Gasteiger partial charge in [-0.2, -0.15) is 0 Å². The highest BCUT2D eigenvalue weighted by atomic mass is 16.3. The van der Waals surface area contributed by atoms with E-state index in [1.165, 1.54) is 6.26 Å². The van der Waals surface area contributed by atoms with E-state index in [1.54, 1.807) is 17.0 Å². The number of benzene rings is 1. The zero-order valence-electron chi connectivity index (χ0n) is 13.7. The van der Waals surface area contributed by atoms with Gasteiger partial charge in [-0.3, -0.25) is 14.5 Å². The van der Waals surface area contributed by atoms with E-state index in [0.29, 0.717) is 38.5 Å². The summed E-state index contributed by atoms with van der Waals surface area (Å²) in [6.45, 7) is 4.86. The van der Waals surface area contributed by atoms with Crippen LogP contribution in [0, 0.1) is 6.92 Å². The minimum Gasteiger partial charge on any atom is -0.459 e. The number of anilines is 1. The first kappa shape index (κ1) is 16.3. The summed E-state index contributed by atoms with van der Waals surface area (Å²) in [6, 6.07) is 11.1. The topological polar surface area (TPSA) is 65.8 Å². The standard InChI is InChI=1S/C18H21N3O3/c1-14-4-2-5-15(12-14)19-17(22)13-20-7-9-21(10-8-20)18(23)16-6-3-11-24-16/h2-6,11-12H,7-10,13H2,1H3,(H,19,22). The Hall–Kier alpha value is -2.60. The second-order valence-electron chi connectivity index (χ2n) is 5.96. The molecule has 2 aromatic rings. The predicted octanol–water partition coefficient (Wildman–Crippen LogP) is 1.98. The Kier molecular flexibility index (Phi) is 4.96. The smallest absolute Gasteiger partial charge is 0.289 e. The lowest BCUT2D eigenvalue weighted by Crippen LogP contribution is -2.50. The van der Waals surface area contributed by atoms with E-state index in [-0.39, 0.29) is 11.8 Å². The van der Waals surface area contributed by atoms with Crippen LogP contribution < -0.4 is 5.32 Å². The molecule has 126 valence electrons. The van der Waals surface area contributed by atoms with Gasteiger partial charge in [-0.25, -0.2) is 0 Å². The molecule has 2 amide bonds. The first-order valence-corrected chi connectivity index (χ1v) is 8.03. The van der Waals surface area contributed by atoms with Crippen molar-refractivity contribution in [1.29, 1.82) is 0 Å². The van der Waals surface area contributed by atoms with E-state index in [0.717, 1.165) is 11.3 Å². The quantitative estimate of drug-likeness (QED) is 0.932. The van der Waals surface area contributed by atoms with Gasteiger partial charge in [-0.1, -0.05) is 12.1 Å². The van der Waals surface area contributed by atoms with Crippen molar-refractivity contribution in [3.05, 3.63) is 54.0 Å². The van der Waals surface area contributed by atoms with Crippen LogP contribution in [0.15, 0.2) is 47.1 Å². The van der Waals surface area contributed by atoms with E-state index >= 15 is 0 Å². The van der Waals surface area contributed by atoms with Gasteiger partial charge in [-0.15, -0.1) is 0 Å². The number of nitrogens with zero attached hydrogens (tertiary/aromatic N) is 2. The Labute approximate surface area is 141 Å². The molecule has 6 nitrogen and oxygen atoms in total. The van der Waals surface area contributed by atoms with Crippen molar-refractivity contribution < 1.29 is 14.0 Å². The molecule has 0 radical (unpaired) electrons. The van der Waals surface area contributed by atoms with Gasteiger partial charge in [0.25, 0.3) is 5.91 Å². The van der Waals surface area contributed by atoms with Gasteiger partial charge in [0.2, 0.25) is 5.91 Å². The Bertz CT molecular complexity index is 704. The molecule has 2 heterocycles. The van der Waals surface area contributed by atoms with Gasteiger partial charge in [0, 0.05) is 31.9 Å². The van der Waals surface area contributed by atoms with Crippen molar-refractivity contribution in [1.82, 2.24) is 9.80 Å². The maximum Gasteiger partial charge on any atom is 0.289 e. The lowest BCUT2D eigenvalue weighted by Gasteiger charge is -2.33. The molecule has 1 aromatic heterocycles. The molecule has 0 spiro atoms. The Morgan fingerprint density at radius 3 is 2.58 bits per heavy atom. The van der Waals surface area contributed by atoms with Crippen LogP contribution in [0.2, 0.25) is 0 Å². The van der Waals surface area contributed by atoms with Gasteiger partial charge in [0.05, 0.1) is 12.8 Å². The van der Waals surface area contributed by atoms with Crippen LogP contribution in [0.1, 0.15) is 16.1 Å². The summed E-state index contributed by atoms with van der Waals surface area (Å²) in [5, 5.41) is 2.91. The highest BCUT2D eigenvalue weighted by Crippen LogP contribution is 2.11. The first-order chi connectivity index (χ1) is 11.6. The van der Waals surface area contributed by atoms with E-state index in [1.807, 2.05) is 31.2 Å². The molecule has 6 heteroatoms. The average molecular weight is 327 g/mol. The largest absolute Gasteiger partial charge is 0.459 e. The molecule has 1 aliphatic heterocycles. The SMILES string of the molecule is Cc1cccc(NC(=O)CN2CCN(C(=O)c3ccco3)CC2)c1. The van der Waals surface area contributed by atoms with Gasteiger partial charge >= 0.3 is 0 Å². The maximum atomic E-state index is 12.2. The zero-order chi connectivity index (χ0) is 16.9. The molecule has 0 aliphatic carbocycles. The lowest BCUT2D eigenvalue weighted by molar-refractivity contribution is -0.117. The van der Waals surface area contributed by atoms with E-state index in [9.17, 15) is 9.59 Å². The van der Waals surface area contributed by atoms with Crippen molar-refractivity contribution >= 4 is 17.5 Å². The van der Waals surface area contributed by atoms with Crippen LogP contribution in [-0.2, 0) is 4.79 Å². The Balaban J connectivity index is 1.47. The van der Waals surface area contributed by atoms with Crippen LogP contribution in [0.4, 0.5) is 5.69 Å². The van der Waals surface area contributed by atoms with Crippen molar-refractivity contribution in [2.75, 3.05) is 38.0 Å². The summed E-state index contributed by atoms with van der Waals surface area (Å²) < 4.78 is 5.15. The van der Waals surface area contributed by atoms with Crippen molar-refractivity contribution in [3.8, 4) is 0 Å². The summed E-state index contributed by atoms with van der Waals surface area (Å²) in [7, 11) is 0. The monoisotopic (exact) mass is 327 g/mol. The van der Waals surface area contributed by atoms with E-state index in [4.69, 9.17) is 4.42 Å². The van der Waals surface area contributed by atoms with Crippen LogP contribution in [0.25, 0.3) is 0 Å². The summed E-state index contributed by atoms with van der Waals surface area (Å²) >= 11 is 0. The van der Waals surface area contributed by atoms with Crippen LogP contribution >= 0.6 is 0 Å². The molecular weight excluding hydrogens is 306 g/mol. The summed E-state index contributed by atoms with van der Waals surface area (Å²) in [5.41, 5.74) is 1.92. The highest BCUT2D eigenvalue weighted by Gasteiger charge is 2.24. The van der Waals surface area contributed by atoms with E-state index in [2.05, 4.69) is 10.2 Å². The fourth-order valence-electron chi connectivity index (χ4n) is 2.79. The Morgan fingerprint density at radius 2 is 1.92 bits per heavy atom. The molecule has 0 saturated carbocycles. The number of carbonyl (C=O) groups is 2. The second-order valence-corrected chi connectivity index (χ2v) is 5.96. The fraction of sp³-hybridized carbons (Fsp3) is 0.333.